The third-order valence-electron chi connectivity index (χ3n) is 6.87. The molecule has 1 aliphatic carbocycles. The lowest BCUT2D eigenvalue weighted by molar-refractivity contribution is -0.192. The van der Waals surface area contributed by atoms with Crippen LogP contribution in [-0.2, 0) is 14.4 Å². The summed E-state index contributed by atoms with van der Waals surface area (Å²) in [4.78, 5) is 41.0. The lowest BCUT2D eigenvalue weighted by Crippen LogP contribution is -2.62. The van der Waals surface area contributed by atoms with Crippen molar-refractivity contribution in [3.8, 4) is 0 Å². The van der Waals surface area contributed by atoms with Gasteiger partial charge in [0.15, 0.2) is 5.60 Å². The summed E-state index contributed by atoms with van der Waals surface area (Å²) in [7, 11) is 0. The number of carbonyl (C=O) groups is 2. The number of hydrogen-bond donors (Lipinski definition) is 2. The molecule has 4 heterocycles. The number of carboxylic acids is 1. The van der Waals surface area contributed by atoms with Crippen molar-refractivity contribution < 1.29 is 32.7 Å². The molecule has 0 bridgehead atoms. The summed E-state index contributed by atoms with van der Waals surface area (Å²) in [6, 6.07) is 0.178. The van der Waals surface area contributed by atoms with E-state index in [1.165, 1.54) is 12.8 Å². The van der Waals surface area contributed by atoms with Gasteiger partial charge < -0.3 is 25.1 Å². The predicted molar refractivity (Wildman–Crippen MR) is 123 cm³/mol. The largest absolute Gasteiger partial charge is 0.490 e. The zero-order valence-corrected chi connectivity index (χ0v) is 20.1. The number of oxime groups is 1. The quantitative estimate of drug-likeness (QED) is 0.616. The number of nitrogens with one attached hydrogen (secondary N) is 1. The van der Waals surface area contributed by atoms with Crippen molar-refractivity contribution in [3.63, 3.8) is 0 Å². The van der Waals surface area contributed by atoms with Gasteiger partial charge in [0.05, 0.1) is 12.6 Å². The van der Waals surface area contributed by atoms with Gasteiger partial charge in [-0.05, 0) is 57.1 Å². The minimum Gasteiger partial charge on any atom is -0.475 e. The minimum absolute atomic E-state index is 0.0454. The molecule has 1 aromatic heterocycles. The molecule has 36 heavy (non-hydrogen) atoms. The third-order valence-corrected chi connectivity index (χ3v) is 6.87. The van der Waals surface area contributed by atoms with Gasteiger partial charge in [-0.15, -0.1) is 0 Å². The van der Waals surface area contributed by atoms with Gasteiger partial charge in [0.1, 0.15) is 5.71 Å². The van der Waals surface area contributed by atoms with Crippen molar-refractivity contribution in [3.05, 3.63) is 18.0 Å². The summed E-state index contributed by atoms with van der Waals surface area (Å²) in [5.41, 5.74) is 1.08. The number of aromatic nitrogens is 2. The van der Waals surface area contributed by atoms with Crippen LogP contribution in [0.4, 0.5) is 19.1 Å². The van der Waals surface area contributed by atoms with Crippen LogP contribution in [0, 0.1) is 12.8 Å². The fourth-order valence-electron chi connectivity index (χ4n) is 4.68. The molecule has 198 valence electrons. The van der Waals surface area contributed by atoms with Crippen molar-refractivity contribution >= 4 is 23.5 Å². The van der Waals surface area contributed by atoms with Crippen LogP contribution >= 0.6 is 0 Å². The first-order chi connectivity index (χ1) is 17.1. The summed E-state index contributed by atoms with van der Waals surface area (Å²) in [6.45, 7) is 6.18. The van der Waals surface area contributed by atoms with Crippen LogP contribution in [0.2, 0.25) is 0 Å². The van der Waals surface area contributed by atoms with Crippen LogP contribution in [-0.4, -0.2) is 88.1 Å². The number of aryl methyl sites for hydroxylation is 1. The van der Waals surface area contributed by atoms with Gasteiger partial charge in [-0.25, -0.2) is 14.8 Å². The van der Waals surface area contributed by atoms with Gasteiger partial charge >= 0.3 is 12.1 Å². The second-order valence-electron chi connectivity index (χ2n) is 9.85. The van der Waals surface area contributed by atoms with E-state index in [2.05, 4.69) is 25.3 Å². The highest BCUT2D eigenvalue weighted by Crippen LogP contribution is 2.36. The summed E-state index contributed by atoms with van der Waals surface area (Å²) in [5, 5.41) is 15.2. The molecule has 10 nitrogen and oxygen atoms in total. The van der Waals surface area contributed by atoms with E-state index < -0.39 is 17.7 Å². The molecule has 0 aromatic carbocycles. The van der Waals surface area contributed by atoms with Crippen molar-refractivity contribution in [2.24, 2.45) is 11.1 Å². The first kappa shape index (κ1) is 26.1. The second kappa shape index (κ2) is 10.6. The Morgan fingerprint density at radius 3 is 2.39 bits per heavy atom. The summed E-state index contributed by atoms with van der Waals surface area (Å²) in [5.74, 6) is -1.20. The van der Waals surface area contributed by atoms with E-state index >= 15 is 0 Å². The fraction of sp³-hybridized carbons (Fsp3) is 0.696. The zero-order valence-electron chi connectivity index (χ0n) is 20.1. The number of nitrogens with zero attached hydrogens (tertiary/aromatic N) is 5. The van der Waals surface area contributed by atoms with Crippen LogP contribution < -0.4 is 10.2 Å². The van der Waals surface area contributed by atoms with Crippen molar-refractivity contribution in [1.82, 2.24) is 20.2 Å². The van der Waals surface area contributed by atoms with Crippen molar-refractivity contribution in [2.45, 2.75) is 63.3 Å². The molecule has 3 fully saturated rings. The molecule has 13 heteroatoms. The fourth-order valence-corrected chi connectivity index (χ4v) is 4.68. The lowest BCUT2D eigenvalue weighted by atomic mass is 9.83. The molecular weight excluding hydrogens is 481 g/mol. The first-order valence-electron chi connectivity index (χ1n) is 12.2. The number of alkyl halides is 3. The number of rotatable bonds is 5. The van der Waals surface area contributed by atoms with Crippen LogP contribution in [0.5, 0.6) is 0 Å². The Hall–Kier alpha value is -2.96. The highest BCUT2D eigenvalue weighted by atomic mass is 19.4. The van der Waals surface area contributed by atoms with E-state index in [0.717, 1.165) is 62.9 Å². The Labute approximate surface area is 206 Å². The average molecular weight is 513 g/mol. The van der Waals surface area contributed by atoms with E-state index in [-0.39, 0.29) is 11.9 Å². The smallest absolute Gasteiger partial charge is 0.475 e. The highest BCUT2D eigenvalue weighted by molar-refractivity contribution is 6.39. The van der Waals surface area contributed by atoms with Crippen LogP contribution in [0.15, 0.2) is 17.5 Å². The van der Waals surface area contributed by atoms with E-state index in [1.54, 1.807) is 0 Å². The van der Waals surface area contributed by atoms with Gasteiger partial charge in [0, 0.05) is 38.4 Å². The summed E-state index contributed by atoms with van der Waals surface area (Å²) < 4.78 is 31.7. The van der Waals surface area contributed by atoms with Gasteiger partial charge in [0.25, 0.3) is 5.91 Å². The number of aliphatic carboxylic acids is 1. The number of hydrogen-bond acceptors (Lipinski definition) is 8. The normalized spacial score (nSPS) is 25.8. The van der Waals surface area contributed by atoms with Crippen molar-refractivity contribution in [2.75, 3.05) is 37.6 Å². The number of anilines is 1. The number of amides is 1. The standard InChI is InChI=1S/C21H30N6O2.C2HF3O2/c1-15-11-23-20(24-12-15)27-9-6-18(22-13-16-4-5-16)21(14-27)10-17(25-29-21)19(28)26-7-2-3-8-26;3-2(4,5)1(6)7/h11-12,16,18,22H,2-10,13-14H2,1H3;(H,6,7). The molecule has 2 N–H and O–H groups in total. The molecule has 2 atom stereocenters. The number of halogens is 3. The first-order valence-corrected chi connectivity index (χ1v) is 12.2. The molecule has 4 aliphatic rings. The van der Waals surface area contributed by atoms with Gasteiger partial charge in [-0.2, -0.15) is 13.2 Å². The van der Waals surface area contributed by atoms with E-state index in [4.69, 9.17) is 14.7 Å². The van der Waals surface area contributed by atoms with E-state index in [1.807, 2.05) is 24.2 Å². The van der Waals surface area contributed by atoms with E-state index in [0.29, 0.717) is 18.7 Å². The Kier molecular flexibility index (Phi) is 7.67. The third kappa shape index (κ3) is 6.23. The molecule has 3 aliphatic heterocycles. The average Bonchev–Trinajstić information content (AvgIpc) is 3.32. The zero-order chi connectivity index (χ0) is 25.9. The van der Waals surface area contributed by atoms with Crippen LogP contribution in [0.3, 0.4) is 0 Å². The number of carboxylic acid groups (broad SMARTS) is 1. The molecule has 5 rings (SSSR count). The second-order valence-corrected chi connectivity index (χ2v) is 9.85. The number of likely N-dealkylation sites (tertiary alicyclic amines) is 1. The molecule has 1 spiro atoms. The maximum Gasteiger partial charge on any atom is 0.490 e. The molecule has 1 amide bonds. The predicted octanol–water partition coefficient (Wildman–Crippen LogP) is 2.13. The Bertz CT molecular complexity index is 979. The van der Waals surface area contributed by atoms with Gasteiger partial charge in [-0.1, -0.05) is 5.16 Å². The van der Waals surface area contributed by atoms with Crippen molar-refractivity contribution in [1.29, 1.82) is 0 Å². The molecule has 0 radical (unpaired) electrons. The van der Waals surface area contributed by atoms with Crippen LogP contribution in [0.25, 0.3) is 0 Å². The minimum atomic E-state index is -5.08. The summed E-state index contributed by atoms with van der Waals surface area (Å²) >= 11 is 0. The summed E-state index contributed by atoms with van der Waals surface area (Å²) in [6.07, 6.45) is 4.86. The highest BCUT2D eigenvalue weighted by Gasteiger charge is 2.52. The monoisotopic (exact) mass is 512 g/mol. The Balaban J connectivity index is 0.000000384. The van der Waals surface area contributed by atoms with Gasteiger partial charge in [0.2, 0.25) is 5.95 Å². The molecule has 2 saturated heterocycles. The molecule has 2 unspecified atom stereocenters. The number of carbonyl (C=O) groups excluding carboxylic acids is 1. The molecule has 1 aromatic rings. The Morgan fingerprint density at radius 2 is 1.81 bits per heavy atom. The molecular formula is C23H31F3N6O4. The van der Waals surface area contributed by atoms with E-state index in [9.17, 15) is 18.0 Å². The molecule has 1 saturated carbocycles. The Morgan fingerprint density at radius 1 is 1.17 bits per heavy atom. The SMILES string of the molecule is Cc1cnc(N2CCC(NCC3CC3)C3(CC(C(=O)N4CCCC4)=NO3)C2)nc1.O=C(O)C(F)(F)F. The van der Waals surface area contributed by atoms with Crippen LogP contribution in [0.1, 0.15) is 44.1 Å². The lowest BCUT2D eigenvalue weighted by Gasteiger charge is -2.44. The maximum atomic E-state index is 12.9. The maximum absolute atomic E-state index is 12.9. The topological polar surface area (TPSA) is 120 Å². The number of piperidine rings is 1. The van der Waals surface area contributed by atoms with Gasteiger partial charge in [-0.3, -0.25) is 4.79 Å².